The molecule has 0 atom stereocenters. The minimum atomic E-state index is -3.09. The van der Waals surface area contributed by atoms with Gasteiger partial charge in [-0.3, -0.25) is 9.78 Å². The fourth-order valence-corrected chi connectivity index (χ4v) is 2.51. The van der Waals surface area contributed by atoms with Gasteiger partial charge >= 0.3 is 6.61 Å². The van der Waals surface area contributed by atoms with E-state index >= 15 is 0 Å². The number of hydrogen-bond donors (Lipinski definition) is 0. The van der Waals surface area contributed by atoms with Crippen molar-refractivity contribution in [3.8, 4) is 5.75 Å². The van der Waals surface area contributed by atoms with Crippen LogP contribution in [-0.4, -0.2) is 22.4 Å². The molecule has 0 bridgehead atoms. The molecule has 0 saturated heterocycles. The van der Waals surface area contributed by atoms with Gasteiger partial charge in [0.25, 0.3) is 0 Å². The first-order chi connectivity index (χ1) is 11.0. The molecule has 0 fully saturated rings. The number of fused-ring (bicyclic) bond motifs is 1. The molecular weight excluding hydrogens is 309 g/mol. The third-order valence-electron chi connectivity index (χ3n) is 3.61. The fraction of sp³-hybridized carbons (Fsp3) is 0.250. The van der Waals surface area contributed by atoms with Crippen molar-refractivity contribution in [3.05, 3.63) is 59.2 Å². The summed E-state index contributed by atoms with van der Waals surface area (Å²) in [5, 5.41) is 0. The van der Waals surface area contributed by atoms with Gasteiger partial charge in [-0.15, -0.1) is 0 Å². The Bertz CT molecular complexity index is 712. The monoisotopic (exact) mass is 322 g/mol. The van der Waals surface area contributed by atoms with E-state index in [4.69, 9.17) is 0 Å². The summed E-state index contributed by atoms with van der Waals surface area (Å²) >= 11 is 0. The van der Waals surface area contributed by atoms with Gasteiger partial charge in [0.15, 0.2) is 11.6 Å². The number of alkyl halides is 2. The van der Waals surface area contributed by atoms with Gasteiger partial charge in [-0.05, 0) is 29.3 Å². The number of hydrogen-bond acceptors (Lipinski definition) is 3. The minimum absolute atomic E-state index is 0.0140. The van der Waals surface area contributed by atoms with Crippen molar-refractivity contribution >= 4 is 5.91 Å². The number of rotatable bonds is 4. The first-order valence-corrected chi connectivity index (χ1v) is 6.96. The van der Waals surface area contributed by atoms with Crippen LogP contribution in [0.15, 0.2) is 36.5 Å². The van der Waals surface area contributed by atoms with E-state index in [-0.39, 0.29) is 12.3 Å². The van der Waals surface area contributed by atoms with Gasteiger partial charge in [-0.2, -0.15) is 8.78 Å². The van der Waals surface area contributed by atoms with E-state index < -0.39 is 18.2 Å². The molecule has 120 valence electrons. The quantitative estimate of drug-likeness (QED) is 0.869. The molecule has 1 aliphatic heterocycles. The molecule has 4 nitrogen and oxygen atoms in total. The van der Waals surface area contributed by atoms with Crippen molar-refractivity contribution in [3.63, 3.8) is 0 Å². The molecule has 23 heavy (non-hydrogen) atoms. The van der Waals surface area contributed by atoms with Crippen molar-refractivity contribution in [2.75, 3.05) is 0 Å². The highest BCUT2D eigenvalue weighted by Gasteiger charge is 2.24. The molecule has 7 heteroatoms. The zero-order valence-corrected chi connectivity index (χ0v) is 12.0. The second kappa shape index (κ2) is 6.28. The summed E-state index contributed by atoms with van der Waals surface area (Å²) < 4.78 is 41.9. The summed E-state index contributed by atoms with van der Waals surface area (Å²) in [6, 6.07) is 7.26. The number of aromatic nitrogens is 1. The predicted octanol–water partition coefficient (Wildman–Crippen LogP) is 2.91. The highest BCUT2D eigenvalue weighted by Crippen LogP contribution is 2.23. The first kappa shape index (κ1) is 15.3. The normalized spacial score (nSPS) is 13.3. The molecule has 0 radical (unpaired) electrons. The second-order valence-corrected chi connectivity index (χ2v) is 5.18. The largest absolute Gasteiger partial charge is 0.432 e. The highest BCUT2D eigenvalue weighted by molar-refractivity contribution is 5.79. The second-order valence-electron chi connectivity index (χ2n) is 5.18. The van der Waals surface area contributed by atoms with E-state index in [0.717, 1.165) is 23.4 Å². The van der Waals surface area contributed by atoms with Crippen molar-refractivity contribution < 1.29 is 22.7 Å². The molecule has 2 aromatic rings. The Morgan fingerprint density at radius 1 is 1.30 bits per heavy atom. The van der Waals surface area contributed by atoms with Crippen LogP contribution < -0.4 is 4.74 Å². The molecular formula is C16H13F3N2O2. The molecule has 1 aliphatic rings. The molecule has 0 spiro atoms. The average Bonchev–Trinajstić information content (AvgIpc) is 2.94. The average molecular weight is 322 g/mol. The third-order valence-corrected chi connectivity index (χ3v) is 3.61. The number of benzene rings is 1. The Balaban J connectivity index is 1.66. The summed E-state index contributed by atoms with van der Waals surface area (Å²) in [5.41, 5.74) is 2.25. The number of ether oxygens (including phenoxy) is 1. The van der Waals surface area contributed by atoms with E-state index in [1.54, 1.807) is 11.1 Å². The Morgan fingerprint density at radius 3 is 2.83 bits per heavy atom. The van der Waals surface area contributed by atoms with Crippen molar-refractivity contribution in [2.45, 2.75) is 26.1 Å². The van der Waals surface area contributed by atoms with Crippen molar-refractivity contribution in [1.29, 1.82) is 0 Å². The van der Waals surface area contributed by atoms with Gasteiger partial charge in [0.05, 0.1) is 18.7 Å². The highest BCUT2D eigenvalue weighted by atomic mass is 19.3. The number of nitrogens with zero attached hydrogens (tertiary/aromatic N) is 2. The van der Waals surface area contributed by atoms with Gasteiger partial charge in [0.2, 0.25) is 5.91 Å². The SMILES string of the molecule is O=C(Cc1ccc(OC(F)F)c(F)c1)N1Cc2cccnc2C1. The molecule has 3 rings (SSSR count). The van der Waals surface area contributed by atoms with Crippen molar-refractivity contribution in [1.82, 2.24) is 9.88 Å². The minimum Gasteiger partial charge on any atom is -0.432 e. The van der Waals surface area contributed by atoms with E-state index in [1.807, 2.05) is 12.1 Å². The topological polar surface area (TPSA) is 42.4 Å². The summed E-state index contributed by atoms with van der Waals surface area (Å²) in [6.07, 6.45) is 1.66. The molecule has 0 saturated carbocycles. The van der Waals surface area contributed by atoms with Crippen LogP contribution in [0, 0.1) is 5.82 Å². The maximum atomic E-state index is 13.7. The smallest absolute Gasteiger partial charge is 0.387 e. The Kier molecular flexibility index (Phi) is 4.18. The van der Waals surface area contributed by atoms with Crippen LogP contribution in [0.1, 0.15) is 16.8 Å². The molecule has 1 amide bonds. The standard InChI is InChI=1S/C16H13F3N2O2/c17-12-6-10(3-4-14(12)23-16(18)19)7-15(22)21-8-11-2-1-5-20-13(11)9-21/h1-6,16H,7-9H2. The Morgan fingerprint density at radius 2 is 2.13 bits per heavy atom. The number of pyridine rings is 1. The Labute approximate surface area is 130 Å². The maximum absolute atomic E-state index is 13.7. The van der Waals surface area contributed by atoms with Crippen LogP contribution in [0.2, 0.25) is 0 Å². The summed E-state index contributed by atoms with van der Waals surface area (Å²) in [6.45, 7) is -2.20. The molecule has 0 aliphatic carbocycles. The van der Waals surface area contributed by atoms with E-state index in [1.165, 1.54) is 6.07 Å². The first-order valence-electron chi connectivity index (χ1n) is 6.96. The van der Waals surface area contributed by atoms with Crippen molar-refractivity contribution in [2.24, 2.45) is 0 Å². The van der Waals surface area contributed by atoms with Gasteiger partial charge in [0, 0.05) is 12.7 Å². The molecule has 1 aromatic heterocycles. The van der Waals surface area contributed by atoms with Crippen LogP contribution in [-0.2, 0) is 24.3 Å². The molecule has 1 aromatic carbocycles. The number of carbonyl (C=O) groups excluding carboxylic acids is 1. The molecule has 0 N–H and O–H groups in total. The lowest BCUT2D eigenvalue weighted by atomic mass is 10.1. The van der Waals surface area contributed by atoms with E-state index in [2.05, 4.69) is 9.72 Å². The van der Waals surface area contributed by atoms with Crippen LogP contribution >= 0.6 is 0 Å². The van der Waals surface area contributed by atoms with E-state index in [0.29, 0.717) is 18.7 Å². The molecule has 2 heterocycles. The zero-order chi connectivity index (χ0) is 16.4. The number of halogens is 3. The van der Waals surface area contributed by atoms with Gasteiger partial charge < -0.3 is 9.64 Å². The lowest BCUT2D eigenvalue weighted by Crippen LogP contribution is -2.27. The van der Waals surface area contributed by atoms with Gasteiger partial charge in [-0.1, -0.05) is 12.1 Å². The van der Waals surface area contributed by atoms with Crippen LogP contribution in [0.4, 0.5) is 13.2 Å². The predicted molar refractivity (Wildman–Crippen MR) is 75.2 cm³/mol. The zero-order valence-electron chi connectivity index (χ0n) is 12.0. The molecule has 0 unspecified atom stereocenters. The Hall–Kier alpha value is -2.57. The fourth-order valence-electron chi connectivity index (χ4n) is 2.51. The number of carbonyl (C=O) groups is 1. The van der Waals surface area contributed by atoms with Crippen LogP contribution in [0.3, 0.4) is 0 Å². The van der Waals surface area contributed by atoms with Gasteiger partial charge in [-0.25, -0.2) is 4.39 Å². The van der Waals surface area contributed by atoms with Gasteiger partial charge in [0.1, 0.15) is 0 Å². The van der Waals surface area contributed by atoms with Crippen LogP contribution in [0.25, 0.3) is 0 Å². The van der Waals surface area contributed by atoms with Crippen LogP contribution in [0.5, 0.6) is 5.75 Å². The third kappa shape index (κ3) is 3.44. The summed E-state index contributed by atoms with van der Waals surface area (Å²) in [5.74, 6) is -1.62. The lowest BCUT2D eigenvalue weighted by molar-refractivity contribution is -0.131. The maximum Gasteiger partial charge on any atom is 0.387 e. The van der Waals surface area contributed by atoms with E-state index in [9.17, 15) is 18.0 Å². The lowest BCUT2D eigenvalue weighted by Gasteiger charge is -2.15. The summed E-state index contributed by atoms with van der Waals surface area (Å²) in [7, 11) is 0. The summed E-state index contributed by atoms with van der Waals surface area (Å²) in [4.78, 5) is 18.1. The number of amides is 1.